The number of nitro benzene ring substituents is 1. The summed E-state index contributed by atoms with van der Waals surface area (Å²) >= 11 is 0. The van der Waals surface area contributed by atoms with E-state index in [1.165, 1.54) is 4.80 Å². The summed E-state index contributed by atoms with van der Waals surface area (Å²) in [5, 5.41) is 41.7. The fourth-order valence-corrected chi connectivity index (χ4v) is 1.95. The Balaban J connectivity index is 1.93. The van der Waals surface area contributed by atoms with E-state index >= 15 is 0 Å². The van der Waals surface area contributed by atoms with Crippen LogP contribution in [0.15, 0.2) is 36.7 Å². The Hall–Kier alpha value is -3.56. The number of benzene rings is 1. The van der Waals surface area contributed by atoms with E-state index in [0.717, 1.165) is 17.7 Å². The van der Waals surface area contributed by atoms with Crippen LogP contribution < -0.4 is 0 Å². The van der Waals surface area contributed by atoms with Gasteiger partial charge in [0.25, 0.3) is 0 Å². The van der Waals surface area contributed by atoms with Gasteiger partial charge in [-0.25, -0.2) is 0 Å². The maximum Gasteiger partial charge on any atom is 0.315 e. The summed E-state index contributed by atoms with van der Waals surface area (Å²) in [5.41, 5.74) is 0.446. The van der Waals surface area contributed by atoms with Crippen molar-refractivity contribution in [2.75, 3.05) is 0 Å². The van der Waals surface area contributed by atoms with Gasteiger partial charge >= 0.3 is 5.69 Å². The average molecular weight is 314 g/mol. The number of rotatable bonds is 4. The van der Waals surface area contributed by atoms with Gasteiger partial charge in [-0.1, -0.05) is 0 Å². The largest absolute Gasteiger partial charge is 0.504 e. The molecular formula is C13H10N6O4. The Bertz CT molecular complexity index is 864. The van der Waals surface area contributed by atoms with Crippen molar-refractivity contribution in [1.82, 2.24) is 25.2 Å². The van der Waals surface area contributed by atoms with Gasteiger partial charge in [-0.15, -0.1) is 10.2 Å². The van der Waals surface area contributed by atoms with Crippen molar-refractivity contribution in [3.8, 4) is 22.9 Å². The first-order valence-electron chi connectivity index (χ1n) is 6.42. The zero-order valence-corrected chi connectivity index (χ0v) is 11.6. The van der Waals surface area contributed by atoms with Crippen LogP contribution in [-0.4, -0.2) is 40.3 Å². The minimum absolute atomic E-state index is 0.0949. The van der Waals surface area contributed by atoms with E-state index in [1.54, 1.807) is 24.5 Å². The normalized spacial score (nSPS) is 10.6. The molecule has 0 saturated carbocycles. The fraction of sp³-hybridized carbons (Fsp3) is 0.0769. The van der Waals surface area contributed by atoms with Crippen LogP contribution in [-0.2, 0) is 6.54 Å². The van der Waals surface area contributed by atoms with Gasteiger partial charge in [-0.05, 0) is 29.0 Å². The maximum atomic E-state index is 10.9. The second-order valence-electron chi connectivity index (χ2n) is 4.62. The monoisotopic (exact) mass is 314 g/mol. The van der Waals surface area contributed by atoms with E-state index in [-0.39, 0.29) is 11.4 Å². The average Bonchev–Trinajstić information content (AvgIpc) is 2.99. The number of aromatic hydroxyl groups is 2. The van der Waals surface area contributed by atoms with Gasteiger partial charge in [0.1, 0.15) is 0 Å². The fourth-order valence-electron chi connectivity index (χ4n) is 1.95. The number of phenols is 2. The lowest BCUT2D eigenvalue weighted by atomic mass is 10.1. The van der Waals surface area contributed by atoms with Crippen molar-refractivity contribution in [3.05, 3.63) is 52.3 Å². The summed E-state index contributed by atoms with van der Waals surface area (Å²) in [4.78, 5) is 15.3. The van der Waals surface area contributed by atoms with Crippen LogP contribution in [0.1, 0.15) is 5.56 Å². The lowest BCUT2D eigenvalue weighted by molar-refractivity contribution is -0.385. The first-order chi connectivity index (χ1) is 11.0. The topological polar surface area (TPSA) is 140 Å². The van der Waals surface area contributed by atoms with Crippen molar-refractivity contribution in [2.45, 2.75) is 6.54 Å². The number of pyridine rings is 1. The third-order valence-corrected chi connectivity index (χ3v) is 3.05. The van der Waals surface area contributed by atoms with E-state index in [2.05, 4.69) is 20.4 Å². The number of nitro groups is 1. The summed E-state index contributed by atoms with van der Waals surface area (Å²) in [6.07, 6.45) is 3.27. The Kier molecular flexibility index (Phi) is 3.55. The molecule has 0 atom stereocenters. The highest BCUT2D eigenvalue weighted by Gasteiger charge is 2.21. The highest BCUT2D eigenvalue weighted by molar-refractivity contribution is 5.67. The smallest absolute Gasteiger partial charge is 0.315 e. The minimum atomic E-state index is -0.806. The van der Waals surface area contributed by atoms with Crippen LogP contribution in [0, 0.1) is 10.1 Å². The van der Waals surface area contributed by atoms with Crippen LogP contribution in [0.3, 0.4) is 0 Å². The second-order valence-corrected chi connectivity index (χ2v) is 4.62. The Labute approximate surface area is 128 Å². The molecule has 23 heavy (non-hydrogen) atoms. The molecule has 3 aromatic rings. The minimum Gasteiger partial charge on any atom is -0.504 e. The SMILES string of the molecule is O=[N+]([O-])c1cc(-c2nnn(Cc3ccncc3)n2)cc(O)c1O. The molecule has 116 valence electrons. The van der Waals surface area contributed by atoms with Gasteiger partial charge < -0.3 is 10.2 Å². The van der Waals surface area contributed by atoms with E-state index in [9.17, 15) is 20.3 Å². The first kappa shape index (κ1) is 14.4. The molecule has 0 aliphatic carbocycles. The number of phenolic OH excluding ortho intramolecular Hbond substituents is 2. The molecule has 3 rings (SSSR count). The summed E-state index contributed by atoms with van der Waals surface area (Å²) < 4.78 is 0. The van der Waals surface area contributed by atoms with Gasteiger partial charge in [0.2, 0.25) is 11.6 Å². The van der Waals surface area contributed by atoms with E-state index < -0.39 is 22.1 Å². The molecule has 0 radical (unpaired) electrons. The molecule has 0 fully saturated rings. The molecule has 0 aliphatic heterocycles. The van der Waals surface area contributed by atoms with E-state index in [4.69, 9.17) is 0 Å². The zero-order chi connectivity index (χ0) is 16.4. The molecule has 10 heteroatoms. The zero-order valence-electron chi connectivity index (χ0n) is 11.6. The highest BCUT2D eigenvalue weighted by Crippen LogP contribution is 2.38. The van der Waals surface area contributed by atoms with Gasteiger partial charge in [0.05, 0.1) is 11.5 Å². The third-order valence-electron chi connectivity index (χ3n) is 3.05. The van der Waals surface area contributed by atoms with Crippen molar-refractivity contribution >= 4 is 5.69 Å². The standard InChI is InChI=1S/C13H10N6O4/c20-11-6-9(5-10(12(11)21)19(22)23)13-15-17-18(16-13)7-8-1-3-14-4-2-8/h1-6,20-21H,7H2. The van der Waals surface area contributed by atoms with Gasteiger partial charge in [-0.2, -0.15) is 4.80 Å². The molecule has 0 aliphatic rings. The Morgan fingerprint density at radius 3 is 2.65 bits per heavy atom. The van der Waals surface area contributed by atoms with Gasteiger partial charge in [0.15, 0.2) is 5.75 Å². The molecule has 2 N–H and O–H groups in total. The second kappa shape index (κ2) is 5.67. The van der Waals surface area contributed by atoms with Crippen LogP contribution in [0.25, 0.3) is 11.4 Å². The maximum absolute atomic E-state index is 10.9. The van der Waals surface area contributed by atoms with Gasteiger partial charge in [-0.3, -0.25) is 15.1 Å². The summed E-state index contributed by atoms with van der Waals surface area (Å²) in [6, 6.07) is 5.79. The lowest BCUT2D eigenvalue weighted by Crippen LogP contribution is -2.03. The molecule has 0 unspecified atom stereocenters. The highest BCUT2D eigenvalue weighted by atomic mass is 16.6. The number of nitrogens with zero attached hydrogens (tertiary/aromatic N) is 6. The molecule has 2 aromatic heterocycles. The predicted octanol–water partition coefficient (Wildman–Crippen LogP) is 1.10. The molecule has 0 saturated heterocycles. The summed E-state index contributed by atoms with van der Waals surface area (Å²) in [5.74, 6) is -1.33. The molecule has 10 nitrogen and oxygen atoms in total. The number of hydrogen-bond acceptors (Lipinski definition) is 8. The van der Waals surface area contributed by atoms with Crippen LogP contribution >= 0.6 is 0 Å². The predicted molar refractivity (Wildman–Crippen MR) is 76.6 cm³/mol. The van der Waals surface area contributed by atoms with Gasteiger partial charge in [0, 0.05) is 24.0 Å². The van der Waals surface area contributed by atoms with E-state index in [1.807, 2.05) is 0 Å². The van der Waals surface area contributed by atoms with E-state index in [0.29, 0.717) is 6.54 Å². The van der Waals surface area contributed by atoms with Crippen molar-refractivity contribution in [2.24, 2.45) is 0 Å². The number of hydrogen-bond donors (Lipinski definition) is 2. The van der Waals surface area contributed by atoms with Crippen molar-refractivity contribution < 1.29 is 15.1 Å². The Morgan fingerprint density at radius 2 is 1.96 bits per heavy atom. The molecule has 0 bridgehead atoms. The molecular weight excluding hydrogens is 304 g/mol. The quantitative estimate of drug-likeness (QED) is 0.414. The van der Waals surface area contributed by atoms with Crippen LogP contribution in [0.4, 0.5) is 5.69 Å². The Morgan fingerprint density at radius 1 is 1.22 bits per heavy atom. The van der Waals surface area contributed by atoms with Crippen molar-refractivity contribution in [1.29, 1.82) is 0 Å². The van der Waals surface area contributed by atoms with Crippen molar-refractivity contribution in [3.63, 3.8) is 0 Å². The summed E-state index contributed by atoms with van der Waals surface area (Å²) in [7, 11) is 0. The van der Waals surface area contributed by atoms with Crippen LogP contribution in [0.5, 0.6) is 11.5 Å². The number of tetrazole rings is 1. The summed E-state index contributed by atoms with van der Waals surface area (Å²) in [6.45, 7) is 0.349. The van der Waals surface area contributed by atoms with Crippen LogP contribution in [0.2, 0.25) is 0 Å². The first-order valence-corrected chi connectivity index (χ1v) is 6.42. The third kappa shape index (κ3) is 2.90. The number of aromatic nitrogens is 5. The lowest BCUT2D eigenvalue weighted by Gasteiger charge is -2.01. The molecule has 2 heterocycles. The molecule has 0 spiro atoms. The molecule has 0 amide bonds. The molecule has 1 aromatic carbocycles.